The van der Waals surface area contributed by atoms with Gasteiger partial charge in [0.25, 0.3) is 0 Å². The smallest absolute Gasteiger partial charge is 0.328 e. The third-order valence-corrected chi connectivity index (χ3v) is 4.14. The Labute approximate surface area is 147 Å². The number of aliphatic carboxylic acids is 1. The van der Waals surface area contributed by atoms with Gasteiger partial charge in [-0.25, -0.2) is 4.79 Å². The van der Waals surface area contributed by atoms with Crippen molar-refractivity contribution in [1.82, 2.24) is 0 Å². The number of carbonyl (C=O) groups is 1. The molecular weight excluding hydrogens is 296 g/mol. The first-order chi connectivity index (χ1) is 11.7. The minimum atomic E-state index is -0.917. The van der Waals surface area contributed by atoms with E-state index >= 15 is 0 Å². The molecule has 2 heteroatoms. The van der Waals surface area contributed by atoms with Gasteiger partial charge in [-0.15, -0.1) is 0 Å². The number of carboxylic acids is 1. The molecule has 0 heterocycles. The Bertz CT molecular complexity index is 497. The minimum absolute atomic E-state index is 0.911. The maximum absolute atomic E-state index is 10.5. The Morgan fingerprint density at radius 2 is 1.33 bits per heavy atom. The van der Waals surface area contributed by atoms with Crippen LogP contribution in [0.5, 0.6) is 0 Å². The van der Waals surface area contributed by atoms with Crippen LogP contribution in [0.15, 0.2) is 36.4 Å². The minimum Gasteiger partial charge on any atom is -0.478 e. The normalized spacial score (nSPS) is 11.5. The second kappa shape index (κ2) is 13.6. The molecule has 0 saturated carbocycles. The molecule has 2 nitrogen and oxygen atoms in total. The summed E-state index contributed by atoms with van der Waals surface area (Å²) >= 11 is 0. The first-order valence-corrected chi connectivity index (χ1v) is 9.40. The molecule has 0 radical (unpaired) electrons. The number of allylic oxidation sites excluding steroid dienone is 1. The van der Waals surface area contributed by atoms with Crippen molar-refractivity contribution < 1.29 is 9.90 Å². The van der Waals surface area contributed by atoms with E-state index in [4.69, 9.17) is 5.11 Å². The summed E-state index contributed by atoms with van der Waals surface area (Å²) in [5.41, 5.74) is 2.08. The molecule has 1 aromatic rings. The van der Waals surface area contributed by atoms with Gasteiger partial charge < -0.3 is 5.11 Å². The quantitative estimate of drug-likeness (QED) is 0.322. The second-order valence-electron chi connectivity index (χ2n) is 6.36. The van der Waals surface area contributed by atoms with Crippen LogP contribution in [0.25, 0.3) is 12.2 Å². The number of rotatable bonds is 13. The zero-order chi connectivity index (χ0) is 17.5. The molecule has 0 aliphatic rings. The number of unbranched alkanes of at least 4 members (excludes halogenated alkanes) is 9. The molecule has 0 fully saturated rings. The lowest BCUT2D eigenvalue weighted by molar-refractivity contribution is -0.131. The van der Waals surface area contributed by atoms with E-state index in [1.807, 2.05) is 24.3 Å². The fraction of sp³-hybridized carbons (Fsp3) is 0.500. The van der Waals surface area contributed by atoms with Gasteiger partial charge in [-0.2, -0.15) is 0 Å². The van der Waals surface area contributed by atoms with Crippen molar-refractivity contribution in [2.24, 2.45) is 0 Å². The van der Waals surface area contributed by atoms with E-state index in [1.165, 1.54) is 63.4 Å². The third kappa shape index (κ3) is 10.8. The van der Waals surface area contributed by atoms with Crippen LogP contribution >= 0.6 is 0 Å². The van der Waals surface area contributed by atoms with Crippen molar-refractivity contribution in [3.8, 4) is 0 Å². The molecule has 0 spiro atoms. The van der Waals surface area contributed by atoms with Crippen LogP contribution < -0.4 is 0 Å². The van der Waals surface area contributed by atoms with Crippen molar-refractivity contribution >= 4 is 18.1 Å². The molecule has 0 saturated heterocycles. The summed E-state index contributed by atoms with van der Waals surface area (Å²) in [6, 6.07) is 7.93. The van der Waals surface area contributed by atoms with Crippen LogP contribution in [0.1, 0.15) is 82.3 Å². The van der Waals surface area contributed by atoms with Gasteiger partial charge in [0.05, 0.1) is 0 Å². The summed E-state index contributed by atoms with van der Waals surface area (Å²) in [5.74, 6) is -0.917. The van der Waals surface area contributed by atoms with Crippen LogP contribution in [-0.4, -0.2) is 11.1 Å². The molecule has 0 aliphatic carbocycles. The third-order valence-electron chi connectivity index (χ3n) is 4.14. The highest BCUT2D eigenvalue weighted by Gasteiger charge is 1.92. The molecule has 0 amide bonds. The van der Waals surface area contributed by atoms with Gasteiger partial charge in [-0.3, -0.25) is 0 Å². The summed E-state index contributed by atoms with van der Waals surface area (Å²) < 4.78 is 0. The topological polar surface area (TPSA) is 37.3 Å². The van der Waals surface area contributed by atoms with Crippen molar-refractivity contribution in [3.63, 3.8) is 0 Å². The van der Waals surface area contributed by atoms with Crippen LogP contribution in [-0.2, 0) is 4.79 Å². The lowest BCUT2D eigenvalue weighted by Gasteiger charge is -2.00. The van der Waals surface area contributed by atoms with Crippen molar-refractivity contribution in [1.29, 1.82) is 0 Å². The Kier molecular flexibility index (Phi) is 11.5. The number of benzene rings is 1. The number of carboxylic acid groups (broad SMARTS) is 1. The summed E-state index contributed by atoms with van der Waals surface area (Å²) in [6.07, 6.45) is 20.6. The summed E-state index contributed by atoms with van der Waals surface area (Å²) in [6.45, 7) is 2.26. The highest BCUT2D eigenvalue weighted by atomic mass is 16.4. The average molecular weight is 328 g/mol. The van der Waals surface area contributed by atoms with Crippen LogP contribution in [0.2, 0.25) is 0 Å². The lowest BCUT2D eigenvalue weighted by atomic mass is 10.1. The maximum Gasteiger partial charge on any atom is 0.328 e. The average Bonchev–Trinajstić information content (AvgIpc) is 2.59. The molecule has 0 unspecified atom stereocenters. The van der Waals surface area contributed by atoms with Gasteiger partial charge in [0, 0.05) is 6.08 Å². The lowest BCUT2D eigenvalue weighted by Crippen LogP contribution is -1.85. The summed E-state index contributed by atoms with van der Waals surface area (Å²) in [5, 5.41) is 8.60. The standard InChI is InChI=1S/C22H32O2/c1-2-3-4-5-6-7-8-9-10-11-12-13-20-14-16-21(17-15-20)18-19-22(23)24/h12-19H,2-11H2,1H3,(H,23,24)/b13-12+,19-18+. The fourth-order valence-corrected chi connectivity index (χ4v) is 2.68. The first kappa shape index (κ1) is 20.2. The van der Waals surface area contributed by atoms with Crippen LogP contribution in [0.4, 0.5) is 0 Å². The molecule has 0 atom stereocenters. The number of hydrogen-bond donors (Lipinski definition) is 1. The van der Waals surface area contributed by atoms with Gasteiger partial charge in [0.1, 0.15) is 0 Å². The molecule has 0 bridgehead atoms. The first-order valence-electron chi connectivity index (χ1n) is 9.40. The Morgan fingerprint density at radius 1 is 0.833 bits per heavy atom. The Hall–Kier alpha value is -1.83. The zero-order valence-electron chi connectivity index (χ0n) is 15.0. The molecule has 24 heavy (non-hydrogen) atoms. The molecule has 1 N–H and O–H groups in total. The maximum atomic E-state index is 10.5. The predicted molar refractivity (Wildman–Crippen MR) is 104 cm³/mol. The highest BCUT2D eigenvalue weighted by molar-refractivity contribution is 5.85. The van der Waals surface area contributed by atoms with Gasteiger partial charge in [0.15, 0.2) is 0 Å². The SMILES string of the molecule is CCCCCCCCCCC/C=C/c1ccc(/C=C/C(=O)O)cc1. The zero-order valence-corrected chi connectivity index (χ0v) is 15.0. The van der Waals surface area contributed by atoms with Gasteiger partial charge in [-0.05, 0) is 30.0 Å². The summed E-state index contributed by atoms with van der Waals surface area (Å²) in [7, 11) is 0. The molecule has 0 aliphatic heterocycles. The van der Waals surface area contributed by atoms with E-state index in [1.54, 1.807) is 6.08 Å². The van der Waals surface area contributed by atoms with E-state index in [0.717, 1.165) is 18.1 Å². The van der Waals surface area contributed by atoms with Crippen molar-refractivity contribution in [2.75, 3.05) is 0 Å². The van der Waals surface area contributed by atoms with Crippen LogP contribution in [0, 0.1) is 0 Å². The summed E-state index contributed by atoms with van der Waals surface area (Å²) in [4.78, 5) is 10.5. The predicted octanol–water partition coefficient (Wildman–Crippen LogP) is 6.72. The van der Waals surface area contributed by atoms with Crippen molar-refractivity contribution in [2.45, 2.75) is 71.1 Å². The van der Waals surface area contributed by atoms with Gasteiger partial charge in [0.2, 0.25) is 0 Å². The van der Waals surface area contributed by atoms with Crippen molar-refractivity contribution in [3.05, 3.63) is 47.5 Å². The van der Waals surface area contributed by atoms with E-state index in [0.29, 0.717) is 0 Å². The largest absolute Gasteiger partial charge is 0.478 e. The monoisotopic (exact) mass is 328 g/mol. The molecule has 132 valence electrons. The molecule has 1 aromatic carbocycles. The molecule has 0 aromatic heterocycles. The molecule has 1 rings (SSSR count). The Balaban J connectivity index is 2.09. The molecular formula is C22H32O2. The highest BCUT2D eigenvalue weighted by Crippen LogP contribution is 2.12. The van der Waals surface area contributed by atoms with Gasteiger partial charge in [-0.1, -0.05) is 94.7 Å². The van der Waals surface area contributed by atoms with E-state index in [2.05, 4.69) is 19.1 Å². The fourth-order valence-electron chi connectivity index (χ4n) is 2.68. The van der Waals surface area contributed by atoms with E-state index in [-0.39, 0.29) is 0 Å². The Morgan fingerprint density at radius 3 is 1.88 bits per heavy atom. The number of hydrogen-bond acceptors (Lipinski definition) is 1. The second-order valence-corrected chi connectivity index (χ2v) is 6.36. The van der Waals surface area contributed by atoms with E-state index in [9.17, 15) is 4.79 Å². The van der Waals surface area contributed by atoms with Crippen LogP contribution in [0.3, 0.4) is 0 Å². The van der Waals surface area contributed by atoms with Gasteiger partial charge >= 0.3 is 5.97 Å². The van der Waals surface area contributed by atoms with E-state index < -0.39 is 5.97 Å².